The maximum absolute atomic E-state index is 12.7. The molecule has 0 aromatic heterocycles. The van der Waals surface area contributed by atoms with E-state index in [2.05, 4.69) is 0 Å². The number of carboxylic acids is 1. The Morgan fingerprint density at radius 2 is 1.73 bits per heavy atom. The van der Waals surface area contributed by atoms with Crippen LogP contribution in [0.25, 0.3) is 0 Å². The lowest BCUT2D eigenvalue weighted by atomic mass is 9.96. The van der Waals surface area contributed by atoms with Crippen molar-refractivity contribution < 1.29 is 19.4 Å². The average molecular weight is 303 g/mol. The van der Waals surface area contributed by atoms with Crippen LogP contribution in [0.15, 0.2) is 24.3 Å². The number of anilines is 1. The molecule has 0 spiro atoms. The molecule has 2 aliphatic carbocycles. The zero-order chi connectivity index (χ0) is 15.7. The Labute approximate surface area is 129 Å². The van der Waals surface area contributed by atoms with Crippen molar-refractivity contribution in [2.45, 2.75) is 25.7 Å². The molecule has 1 amide bonds. The molecule has 1 N–H and O–H groups in total. The van der Waals surface area contributed by atoms with Gasteiger partial charge in [0.15, 0.2) is 6.61 Å². The number of nitrogens with zero attached hydrogens (tertiary/aromatic N) is 1. The number of aliphatic carboxylic acids is 1. The van der Waals surface area contributed by atoms with Gasteiger partial charge in [0.1, 0.15) is 5.75 Å². The molecule has 5 nitrogen and oxygen atoms in total. The highest BCUT2D eigenvalue weighted by Crippen LogP contribution is 2.50. The van der Waals surface area contributed by atoms with E-state index in [0.717, 1.165) is 5.69 Å². The molecule has 0 radical (unpaired) electrons. The summed E-state index contributed by atoms with van der Waals surface area (Å²) in [5.74, 6) is 1.06. The monoisotopic (exact) mass is 303 g/mol. The predicted molar refractivity (Wildman–Crippen MR) is 81.9 cm³/mol. The van der Waals surface area contributed by atoms with Crippen LogP contribution in [0.2, 0.25) is 0 Å². The first-order chi connectivity index (χ1) is 10.6. The summed E-state index contributed by atoms with van der Waals surface area (Å²) in [4.78, 5) is 24.9. The Balaban J connectivity index is 1.64. The van der Waals surface area contributed by atoms with Gasteiger partial charge in [0, 0.05) is 18.7 Å². The first kappa shape index (κ1) is 14.9. The lowest BCUT2D eigenvalue weighted by Gasteiger charge is -2.24. The van der Waals surface area contributed by atoms with E-state index in [4.69, 9.17) is 9.84 Å². The maximum Gasteiger partial charge on any atom is 0.341 e. The minimum atomic E-state index is -1.01. The van der Waals surface area contributed by atoms with Crippen LogP contribution in [0.3, 0.4) is 0 Å². The van der Waals surface area contributed by atoms with E-state index >= 15 is 0 Å². The zero-order valence-corrected chi connectivity index (χ0v) is 12.7. The summed E-state index contributed by atoms with van der Waals surface area (Å²) in [7, 11) is 1.81. The fourth-order valence-electron chi connectivity index (χ4n) is 2.96. The summed E-state index contributed by atoms with van der Waals surface area (Å²) in [6, 6.07) is 6.99. The summed E-state index contributed by atoms with van der Waals surface area (Å²) >= 11 is 0. The molecule has 0 bridgehead atoms. The van der Waals surface area contributed by atoms with E-state index in [9.17, 15) is 9.59 Å². The van der Waals surface area contributed by atoms with E-state index < -0.39 is 5.97 Å². The summed E-state index contributed by atoms with van der Waals surface area (Å²) in [5.41, 5.74) is 0.818. The number of rotatable bonds is 7. The van der Waals surface area contributed by atoms with Crippen LogP contribution in [-0.4, -0.2) is 30.6 Å². The second-order valence-electron chi connectivity index (χ2n) is 6.27. The quantitative estimate of drug-likeness (QED) is 0.840. The molecule has 0 atom stereocenters. The van der Waals surface area contributed by atoms with Crippen molar-refractivity contribution in [2.24, 2.45) is 17.8 Å². The number of amides is 1. The van der Waals surface area contributed by atoms with Crippen LogP contribution in [0, 0.1) is 17.8 Å². The topological polar surface area (TPSA) is 66.8 Å². The first-order valence-corrected chi connectivity index (χ1v) is 7.78. The normalized spacial score (nSPS) is 17.4. The van der Waals surface area contributed by atoms with Crippen molar-refractivity contribution in [3.63, 3.8) is 0 Å². The summed E-state index contributed by atoms with van der Waals surface area (Å²) < 4.78 is 5.10. The van der Waals surface area contributed by atoms with Crippen molar-refractivity contribution >= 4 is 17.6 Å². The van der Waals surface area contributed by atoms with Gasteiger partial charge in [-0.2, -0.15) is 0 Å². The molecule has 0 aliphatic heterocycles. The summed E-state index contributed by atoms with van der Waals surface area (Å²) in [6.45, 7) is -0.362. The minimum absolute atomic E-state index is 0.188. The molecular formula is C17H21NO4. The van der Waals surface area contributed by atoms with Crippen molar-refractivity contribution in [1.82, 2.24) is 0 Å². The molecule has 0 unspecified atom stereocenters. The Kier molecular flexibility index (Phi) is 4.05. The highest BCUT2D eigenvalue weighted by atomic mass is 16.5. The predicted octanol–water partition coefficient (Wildman–Crippen LogP) is 2.55. The van der Waals surface area contributed by atoms with Crippen molar-refractivity contribution in [2.75, 3.05) is 18.6 Å². The minimum Gasteiger partial charge on any atom is -0.482 e. The molecule has 22 heavy (non-hydrogen) atoms. The Hall–Kier alpha value is -2.04. The van der Waals surface area contributed by atoms with E-state index in [1.54, 1.807) is 29.2 Å². The largest absolute Gasteiger partial charge is 0.482 e. The second-order valence-corrected chi connectivity index (χ2v) is 6.27. The second kappa shape index (κ2) is 5.99. The van der Waals surface area contributed by atoms with Gasteiger partial charge in [-0.15, -0.1) is 0 Å². The average Bonchev–Trinajstić information content (AvgIpc) is 3.39. The molecule has 118 valence electrons. The number of ether oxygens (including phenoxy) is 1. The molecule has 0 heterocycles. The molecule has 1 aromatic rings. The number of benzene rings is 1. The molecule has 3 rings (SSSR count). The third-order valence-corrected chi connectivity index (χ3v) is 4.46. The van der Waals surface area contributed by atoms with Gasteiger partial charge in [0.05, 0.1) is 0 Å². The van der Waals surface area contributed by atoms with Gasteiger partial charge < -0.3 is 14.7 Å². The van der Waals surface area contributed by atoms with Crippen LogP contribution in [0.1, 0.15) is 25.7 Å². The van der Waals surface area contributed by atoms with Crippen molar-refractivity contribution in [3.8, 4) is 5.75 Å². The fraction of sp³-hybridized carbons (Fsp3) is 0.529. The van der Waals surface area contributed by atoms with Crippen LogP contribution < -0.4 is 9.64 Å². The number of hydrogen-bond acceptors (Lipinski definition) is 3. The van der Waals surface area contributed by atoms with Gasteiger partial charge in [-0.1, -0.05) is 0 Å². The molecule has 0 saturated heterocycles. The summed E-state index contributed by atoms with van der Waals surface area (Å²) in [6.07, 6.45) is 4.73. The van der Waals surface area contributed by atoms with Gasteiger partial charge in [-0.3, -0.25) is 4.79 Å². The summed E-state index contributed by atoms with van der Waals surface area (Å²) in [5, 5.41) is 8.59. The number of hydrogen-bond donors (Lipinski definition) is 1. The molecular weight excluding hydrogens is 282 g/mol. The van der Waals surface area contributed by atoms with Gasteiger partial charge in [0.25, 0.3) is 0 Å². The SMILES string of the molecule is CN(C(=O)C(C1CC1)C1CC1)c1ccc(OCC(=O)O)cc1. The first-order valence-electron chi connectivity index (χ1n) is 7.78. The van der Waals surface area contributed by atoms with Gasteiger partial charge >= 0.3 is 5.97 Å². The number of carbonyl (C=O) groups is 2. The van der Waals surface area contributed by atoms with Crippen molar-refractivity contribution in [1.29, 1.82) is 0 Å². The highest BCUT2D eigenvalue weighted by molar-refractivity contribution is 5.95. The standard InChI is InChI=1S/C17H21NO4/c1-18(17(21)16(11-2-3-11)12-4-5-12)13-6-8-14(9-7-13)22-10-15(19)20/h6-9,11-12,16H,2-5,10H2,1H3,(H,19,20). The Morgan fingerprint density at radius 1 is 1.18 bits per heavy atom. The van der Waals surface area contributed by atoms with E-state index in [0.29, 0.717) is 17.6 Å². The van der Waals surface area contributed by atoms with Gasteiger partial charge in [0.2, 0.25) is 5.91 Å². The van der Waals surface area contributed by atoms with E-state index in [1.165, 1.54) is 25.7 Å². The number of carboxylic acid groups (broad SMARTS) is 1. The fourth-order valence-corrected chi connectivity index (χ4v) is 2.96. The van der Waals surface area contributed by atoms with Gasteiger partial charge in [-0.05, 0) is 61.8 Å². The van der Waals surface area contributed by atoms with E-state index in [-0.39, 0.29) is 18.4 Å². The van der Waals surface area contributed by atoms with Crippen molar-refractivity contribution in [3.05, 3.63) is 24.3 Å². The molecule has 2 saturated carbocycles. The third kappa shape index (κ3) is 3.40. The highest BCUT2D eigenvalue weighted by Gasteiger charge is 2.46. The van der Waals surface area contributed by atoms with Crippen LogP contribution in [0.5, 0.6) is 5.75 Å². The zero-order valence-electron chi connectivity index (χ0n) is 12.7. The number of carbonyl (C=O) groups excluding carboxylic acids is 1. The lowest BCUT2D eigenvalue weighted by Crippen LogP contribution is -2.35. The van der Waals surface area contributed by atoms with E-state index in [1.807, 2.05) is 7.05 Å². The molecule has 2 aliphatic rings. The van der Waals surface area contributed by atoms with Crippen LogP contribution in [0.4, 0.5) is 5.69 Å². The van der Waals surface area contributed by atoms with Gasteiger partial charge in [-0.25, -0.2) is 4.79 Å². The lowest BCUT2D eigenvalue weighted by molar-refractivity contribution is -0.139. The molecule has 2 fully saturated rings. The molecule has 5 heteroatoms. The van der Waals surface area contributed by atoms with Crippen LogP contribution in [-0.2, 0) is 9.59 Å². The third-order valence-electron chi connectivity index (χ3n) is 4.46. The smallest absolute Gasteiger partial charge is 0.341 e. The Morgan fingerprint density at radius 3 is 2.18 bits per heavy atom. The Bertz CT molecular complexity index is 549. The molecule has 1 aromatic carbocycles. The maximum atomic E-state index is 12.7. The van der Waals surface area contributed by atoms with Crippen LogP contribution >= 0.6 is 0 Å².